The van der Waals surface area contributed by atoms with E-state index in [0.717, 1.165) is 0 Å². The van der Waals surface area contributed by atoms with Crippen LogP contribution in [0.2, 0.25) is 10.0 Å². The Bertz CT molecular complexity index is 921. The van der Waals surface area contributed by atoms with Gasteiger partial charge in [-0.25, -0.2) is 4.79 Å². The van der Waals surface area contributed by atoms with E-state index in [-0.39, 0.29) is 45.9 Å². The summed E-state index contributed by atoms with van der Waals surface area (Å²) in [7, 11) is 0. The van der Waals surface area contributed by atoms with Gasteiger partial charge in [0.1, 0.15) is 17.1 Å². The number of amides is 1. The van der Waals surface area contributed by atoms with Crippen LogP contribution in [0.25, 0.3) is 0 Å². The maximum Gasteiger partial charge on any atom is 0.344 e. The Morgan fingerprint density at radius 2 is 1.89 bits per heavy atom. The van der Waals surface area contributed by atoms with Gasteiger partial charge in [0.2, 0.25) is 5.88 Å². The largest absolute Gasteiger partial charge is 0.479 e. The number of furan rings is 1. The van der Waals surface area contributed by atoms with Gasteiger partial charge in [-0.3, -0.25) is 14.9 Å². The van der Waals surface area contributed by atoms with Gasteiger partial charge in [-0.2, -0.15) is 0 Å². The van der Waals surface area contributed by atoms with Crippen LogP contribution in [-0.4, -0.2) is 30.4 Å². The van der Waals surface area contributed by atoms with Crippen LogP contribution < -0.4 is 10.1 Å². The Hall–Kier alpha value is -2.51. The molecule has 0 saturated heterocycles. The summed E-state index contributed by atoms with van der Waals surface area (Å²) >= 11 is 11.9. The van der Waals surface area contributed by atoms with Crippen molar-refractivity contribution in [2.75, 3.05) is 11.9 Å². The maximum atomic E-state index is 12.5. The molecule has 1 N–H and O–H groups in total. The molecule has 1 atom stereocenters. The molecule has 1 unspecified atom stereocenters. The van der Waals surface area contributed by atoms with Gasteiger partial charge in [0.25, 0.3) is 5.91 Å². The number of Topliss-reactive ketones (excluding diaryl/α,β-unsaturated/α-hetero) is 1. The molecule has 0 aliphatic rings. The van der Waals surface area contributed by atoms with Crippen molar-refractivity contribution < 1.29 is 28.3 Å². The average molecular weight is 428 g/mol. The smallest absolute Gasteiger partial charge is 0.344 e. The second kappa shape index (κ2) is 9.12. The number of anilines is 1. The monoisotopic (exact) mass is 427 g/mol. The second-order valence-electron chi connectivity index (χ2n) is 5.84. The molecule has 0 spiro atoms. The van der Waals surface area contributed by atoms with Crippen molar-refractivity contribution >= 4 is 46.7 Å². The minimum Gasteiger partial charge on any atom is -0.479 e. The average Bonchev–Trinajstić information content (AvgIpc) is 2.93. The van der Waals surface area contributed by atoms with E-state index in [2.05, 4.69) is 5.32 Å². The van der Waals surface area contributed by atoms with Gasteiger partial charge in [-0.05, 0) is 45.9 Å². The third-order valence-corrected chi connectivity index (χ3v) is 4.25. The van der Waals surface area contributed by atoms with Gasteiger partial charge < -0.3 is 13.9 Å². The number of rotatable bonds is 7. The molecule has 7 nitrogen and oxygen atoms in total. The van der Waals surface area contributed by atoms with Crippen LogP contribution in [0.1, 0.15) is 47.2 Å². The Morgan fingerprint density at radius 3 is 2.46 bits per heavy atom. The van der Waals surface area contributed by atoms with Crippen LogP contribution in [0.4, 0.5) is 5.88 Å². The molecule has 1 aromatic heterocycles. The number of nitrogens with one attached hydrogen (secondary N) is 1. The van der Waals surface area contributed by atoms with E-state index < -0.39 is 18.0 Å². The Labute approximate surface area is 171 Å². The van der Waals surface area contributed by atoms with Crippen LogP contribution in [-0.2, 0) is 9.53 Å². The lowest BCUT2D eigenvalue weighted by atomic mass is 10.1. The zero-order valence-electron chi connectivity index (χ0n) is 15.7. The van der Waals surface area contributed by atoms with Crippen molar-refractivity contribution in [2.24, 2.45) is 0 Å². The number of carbonyl (C=O) groups excluding carboxylic acids is 3. The summed E-state index contributed by atoms with van der Waals surface area (Å²) in [6.45, 7) is 6.03. The second-order valence-corrected chi connectivity index (χ2v) is 6.68. The maximum absolute atomic E-state index is 12.5. The molecule has 1 heterocycles. The van der Waals surface area contributed by atoms with E-state index in [1.807, 2.05) is 0 Å². The number of benzene rings is 1. The first-order chi connectivity index (χ1) is 13.1. The minimum absolute atomic E-state index is 0.0584. The van der Waals surface area contributed by atoms with Crippen LogP contribution in [0.5, 0.6) is 5.75 Å². The fourth-order valence-corrected chi connectivity index (χ4v) is 2.94. The molecule has 1 amide bonds. The summed E-state index contributed by atoms with van der Waals surface area (Å²) in [4.78, 5) is 36.7. The van der Waals surface area contributed by atoms with E-state index in [1.54, 1.807) is 13.0 Å². The highest BCUT2D eigenvalue weighted by molar-refractivity contribution is 6.35. The van der Waals surface area contributed by atoms with Crippen LogP contribution in [0.15, 0.2) is 22.6 Å². The molecule has 9 heteroatoms. The Balaban J connectivity index is 2.26. The summed E-state index contributed by atoms with van der Waals surface area (Å²) in [6, 6.07) is 4.58. The standard InChI is InChI=1S/C19H19Cl2NO6/c1-5-26-19(25)16-15(9(2)23)10(3)28-18(16)22-17(24)11(4)27-14-7-6-12(20)8-13(14)21/h6-8,11H,5H2,1-4H3,(H,22,24). The number of esters is 1. The summed E-state index contributed by atoms with van der Waals surface area (Å²) in [5.74, 6) is -1.49. The van der Waals surface area contributed by atoms with E-state index in [4.69, 9.17) is 37.1 Å². The van der Waals surface area contributed by atoms with Crippen molar-refractivity contribution in [1.82, 2.24) is 0 Å². The summed E-state index contributed by atoms with van der Waals surface area (Å²) in [5, 5.41) is 3.13. The van der Waals surface area contributed by atoms with Gasteiger partial charge in [-0.15, -0.1) is 0 Å². The lowest BCUT2D eigenvalue weighted by Gasteiger charge is -2.15. The molecule has 28 heavy (non-hydrogen) atoms. The van der Waals surface area contributed by atoms with Crippen LogP contribution >= 0.6 is 23.2 Å². The molecular weight excluding hydrogens is 409 g/mol. The first-order valence-corrected chi connectivity index (χ1v) is 9.15. The SMILES string of the molecule is CCOC(=O)c1c(NC(=O)C(C)Oc2ccc(Cl)cc2Cl)oc(C)c1C(C)=O. The van der Waals surface area contributed by atoms with E-state index in [9.17, 15) is 14.4 Å². The normalized spacial score (nSPS) is 11.6. The quantitative estimate of drug-likeness (QED) is 0.508. The number of ketones is 1. The molecule has 2 aromatic rings. The highest BCUT2D eigenvalue weighted by atomic mass is 35.5. The van der Waals surface area contributed by atoms with Gasteiger partial charge >= 0.3 is 5.97 Å². The van der Waals surface area contributed by atoms with Crippen molar-refractivity contribution in [3.05, 3.63) is 45.1 Å². The fourth-order valence-electron chi connectivity index (χ4n) is 2.48. The molecular formula is C19H19Cl2NO6. The number of carbonyl (C=O) groups is 3. The zero-order valence-corrected chi connectivity index (χ0v) is 17.2. The van der Waals surface area contributed by atoms with Gasteiger partial charge in [0, 0.05) is 5.02 Å². The lowest BCUT2D eigenvalue weighted by Crippen LogP contribution is -2.30. The molecule has 0 radical (unpaired) electrons. The highest BCUT2D eigenvalue weighted by Gasteiger charge is 2.30. The van der Waals surface area contributed by atoms with Gasteiger partial charge in [-0.1, -0.05) is 23.2 Å². The van der Waals surface area contributed by atoms with Crippen molar-refractivity contribution in [3.8, 4) is 5.75 Å². The highest BCUT2D eigenvalue weighted by Crippen LogP contribution is 2.30. The fraction of sp³-hybridized carbons (Fsp3) is 0.316. The van der Waals surface area contributed by atoms with Crippen molar-refractivity contribution in [2.45, 2.75) is 33.8 Å². The Kier molecular flexibility index (Phi) is 7.10. The van der Waals surface area contributed by atoms with E-state index >= 15 is 0 Å². The van der Waals surface area contributed by atoms with Gasteiger partial charge in [0.15, 0.2) is 11.9 Å². The van der Waals surface area contributed by atoms with Gasteiger partial charge in [0.05, 0.1) is 17.2 Å². The summed E-state index contributed by atoms with van der Waals surface area (Å²) in [5.41, 5.74) is -0.0695. The molecule has 1 aromatic carbocycles. The molecule has 0 aliphatic heterocycles. The van der Waals surface area contributed by atoms with Crippen molar-refractivity contribution in [1.29, 1.82) is 0 Å². The first kappa shape index (κ1) is 21.8. The van der Waals surface area contributed by atoms with Crippen LogP contribution in [0.3, 0.4) is 0 Å². The van der Waals surface area contributed by atoms with E-state index in [0.29, 0.717) is 5.02 Å². The van der Waals surface area contributed by atoms with Crippen molar-refractivity contribution in [3.63, 3.8) is 0 Å². The topological polar surface area (TPSA) is 94.8 Å². The molecule has 150 valence electrons. The lowest BCUT2D eigenvalue weighted by molar-refractivity contribution is -0.122. The summed E-state index contributed by atoms with van der Waals surface area (Å²) < 4.78 is 15.9. The number of hydrogen-bond acceptors (Lipinski definition) is 6. The zero-order chi connectivity index (χ0) is 21.0. The first-order valence-electron chi connectivity index (χ1n) is 8.39. The third-order valence-electron chi connectivity index (χ3n) is 3.72. The minimum atomic E-state index is -0.986. The number of hydrogen-bond donors (Lipinski definition) is 1. The number of ether oxygens (including phenoxy) is 2. The van der Waals surface area contributed by atoms with E-state index in [1.165, 1.54) is 32.9 Å². The molecule has 2 rings (SSSR count). The third kappa shape index (κ3) is 4.85. The molecule has 0 saturated carbocycles. The number of aryl methyl sites for hydroxylation is 1. The predicted octanol–water partition coefficient (Wildman–Crippen LogP) is 4.68. The predicted molar refractivity (Wildman–Crippen MR) is 105 cm³/mol. The molecule has 0 bridgehead atoms. The molecule has 0 aliphatic carbocycles. The Morgan fingerprint density at radius 1 is 1.21 bits per heavy atom. The van der Waals surface area contributed by atoms with Crippen LogP contribution in [0, 0.1) is 6.92 Å². The summed E-state index contributed by atoms with van der Waals surface area (Å²) in [6.07, 6.45) is -0.986. The molecule has 0 fully saturated rings. The number of halogens is 2.